The molecule has 0 saturated carbocycles. The minimum Gasteiger partial charge on any atom is -1.00 e. The molecule has 4 nitrogen and oxygen atoms in total. The maximum absolute atomic E-state index is 11.8. The van der Waals surface area contributed by atoms with Crippen LogP contribution in [0.3, 0.4) is 0 Å². The predicted molar refractivity (Wildman–Crippen MR) is 53.9 cm³/mol. The molecule has 0 aliphatic rings. The third-order valence-corrected chi connectivity index (χ3v) is 1.96. The second-order valence-corrected chi connectivity index (χ2v) is 4.04. The van der Waals surface area contributed by atoms with Crippen LogP contribution in [0.5, 0.6) is 0 Å². The Morgan fingerprint density at radius 3 is 2.53 bits per heavy atom. The van der Waals surface area contributed by atoms with Gasteiger partial charge in [0.05, 0.1) is 7.05 Å². The summed E-state index contributed by atoms with van der Waals surface area (Å²) >= 11 is 0. The Labute approximate surface area is 108 Å². The van der Waals surface area contributed by atoms with E-state index in [9.17, 15) is 4.79 Å². The van der Waals surface area contributed by atoms with E-state index >= 15 is 0 Å². The summed E-state index contributed by atoms with van der Waals surface area (Å²) in [5, 5.41) is 0. The van der Waals surface area contributed by atoms with Gasteiger partial charge in [0.25, 0.3) is 6.33 Å². The molecule has 0 bridgehead atoms. The van der Waals surface area contributed by atoms with Crippen LogP contribution in [0.4, 0.5) is 4.79 Å². The van der Waals surface area contributed by atoms with E-state index in [1.54, 1.807) is 22.0 Å². The second kappa shape index (κ2) is 6.09. The first-order valence-electron chi connectivity index (χ1n) is 4.79. The van der Waals surface area contributed by atoms with Crippen molar-refractivity contribution in [2.24, 2.45) is 13.0 Å². The van der Waals surface area contributed by atoms with E-state index < -0.39 is 0 Å². The Balaban J connectivity index is 0.00000196. The Bertz CT molecular complexity index is 322. The van der Waals surface area contributed by atoms with Gasteiger partial charge in [0.2, 0.25) is 0 Å². The van der Waals surface area contributed by atoms with Crippen molar-refractivity contribution in [3.8, 4) is 0 Å². The molecule has 0 radical (unpaired) electrons. The monoisotopic (exact) mass is 323 g/mol. The van der Waals surface area contributed by atoms with E-state index in [1.165, 1.54) is 0 Å². The molecule has 0 spiro atoms. The quantitative estimate of drug-likeness (QED) is 0.452. The fourth-order valence-electron chi connectivity index (χ4n) is 1.39. The van der Waals surface area contributed by atoms with Gasteiger partial charge in [0.15, 0.2) is 0 Å². The van der Waals surface area contributed by atoms with Gasteiger partial charge in [-0.3, -0.25) is 0 Å². The molecular weight excluding hydrogens is 305 g/mol. The Kier molecular flexibility index (Phi) is 5.85. The van der Waals surface area contributed by atoms with Crippen LogP contribution in [-0.2, 0) is 7.05 Å². The molecular formula is C10H18IN3O. The van der Waals surface area contributed by atoms with Crippen molar-refractivity contribution < 1.29 is 33.3 Å². The largest absolute Gasteiger partial charge is 1.00 e. The molecule has 0 aliphatic carbocycles. The molecule has 0 atom stereocenters. The lowest BCUT2D eigenvalue weighted by molar-refractivity contribution is -0.670. The van der Waals surface area contributed by atoms with E-state index in [4.69, 9.17) is 0 Å². The summed E-state index contributed by atoms with van der Waals surface area (Å²) in [6.07, 6.45) is 5.37. The Morgan fingerprint density at radius 2 is 2.13 bits per heavy atom. The standard InChI is InChI=1S/C10H18N3O.HI/c1-9(2)7-12(4)10(14)13-6-5-11(3)8-13;/h5-6,8-9H,7H2,1-4H3;1H/q+1;/p-1. The average molecular weight is 323 g/mol. The highest BCUT2D eigenvalue weighted by Crippen LogP contribution is 1.98. The number of carbonyl (C=O) groups is 1. The molecule has 0 unspecified atom stereocenters. The zero-order valence-corrected chi connectivity index (χ0v) is 11.8. The molecule has 0 saturated heterocycles. The first kappa shape index (κ1) is 14.4. The van der Waals surface area contributed by atoms with E-state index in [0.29, 0.717) is 5.92 Å². The maximum atomic E-state index is 11.8. The number of halogens is 1. The molecule has 0 fully saturated rings. The van der Waals surface area contributed by atoms with E-state index in [0.717, 1.165) is 6.54 Å². The summed E-state index contributed by atoms with van der Waals surface area (Å²) in [6, 6.07) is 0.0132. The molecule has 5 heteroatoms. The zero-order valence-electron chi connectivity index (χ0n) is 9.64. The predicted octanol–water partition coefficient (Wildman–Crippen LogP) is -2.13. The summed E-state index contributed by atoms with van der Waals surface area (Å²) < 4.78 is 3.43. The van der Waals surface area contributed by atoms with Gasteiger partial charge in [-0.15, -0.1) is 0 Å². The fourth-order valence-corrected chi connectivity index (χ4v) is 1.39. The third kappa shape index (κ3) is 4.19. The van der Waals surface area contributed by atoms with Crippen molar-refractivity contribution >= 4 is 6.03 Å². The van der Waals surface area contributed by atoms with Crippen LogP contribution in [0.2, 0.25) is 0 Å². The van der Waals surface area contributed by atoms with Crippen molar-refractivity contribution in [2.75, 3.05) is 13.6 Å². The van der Waals surface area contributed by atoms with Gasteiger partial charge < -0.3 is 28.9 Å². The molecule has 1 amide bonds. The second-order valence-electron chi connectivity index (χ2n) is 4.04. The van der Waals surface area contributed by atoms with Gasteiger partial charge in [0.1, 0.15) is 12.4 Å². The number of nitrogens with zero attached hydrogens (tertiary/aromatic N) is 3. The van der Waals surface area contributed by atoms with Crippen LogP contribution in [0.25, 0.3) is 0 Å². The summed E-state index contributed by atoms with van der Waals surface area (Å²) in [5.74, 6) is 0.494. The topological polar surface area (TPSA) is 29.1 Å². The number of aromatic nitrogens is 2. The van der Waals surface area contributed by atoms with Crippen LogP contribution in [0.1, 0.15) is 13.8 Å². The minimum absolute atomic E-state index is 0. The summed E-state index contributed by atoms with van der Waals surface area (Å²) in [4.78, 5) is 13.5. The lowest BCUT2D eigenvalue weighted by atomic mass is 10.2. The molecule has 0 aromatic carbocycles. The number of carbonyl (C=O) groups excluding carboxylic acids is 1. The van der Waals surface area contributed by atoms with Crippen LogP contribution in [-0.4, -0.2) is 29.1 Å². The van der Waals surface area contributed by atoms with E-state index in [1.807, 2.05) is 24.9 Å². The van der Waals surface area contributed by atoms with E-state index in [2.05, 4.69) is 13.8 Å². The summed E-state index contributed by atoms with van der Waals surface area (Å²) in [6.45, 7) is 4.97. The van der Waals surface area contributed by atoms with Crippen LogP contribution in [0, 0.1) is 5.92 Å². The number of hydrogen-bond donors (Lipinski definition) is 0. The number of rotatable bonds is 2. The van der Waals surface area contributed by atoms with Crippen molar-refractivity contribution in [1.29, 1.82) is 0 Å². The van der Waals surface area contributed by atoms with Gasteiger partial charge in [-0.25, -0.2) is 9.36 Å². The van der Waals surface area contributed by atoms with Gasteiger partial charge in [-0.1, -0.05) is 13.8 Å². The van der Waals surface area contributed by atoms with Gasteiger partial charge in [0, 0.05) is 13.6 Å². The van der Waals surface area contributed by atoms with Gasteiger partial charge in [-0.05, 0) is 5.92 Å². The number of hydrogen-bond acceptors (Lipinski definition) is 1. The molecule has 1 heterocycles. The highest BCUT2D eigenvalue weighted by atomic mass is 127. The van der Waals surface area contributed by atoms with Crippen molar-refractivity contribution in [3.05, 3.63) is 18.7 Å². The summed E-state index contributed by atoms with van der Waals surface area (Å²) in [5.41, 5.74) is 0. The Hall–Kier alpha value is -0.590. The minimum atomic E-state index is 0. The van der Waals surface area contributed by atoms with Crippen molar-refractivity contribution in [1.82, 2.24) is 9.47 Å². The highest BCUT2D eigenvalue weighted by Gasteiger charge is 2.17. The average Bonchev–Trinajstić information content (AvgIpc) is 2.49. The number of aryl methyl sites for hydroxylation is 1. The third-order valence-electron chi connectivity index (χ3n) is 1.96. The smallest absolute Gasteiger partial charge is 0.415 e. The van der Waals surface area contributed by atoms with Gasteiger partial charge in [-0.2, -0.15) is 4.57 Å². The van der Waals surface area contributed by atoms with Crippen LogP contribution >= 0.6 is 0 Å². The highest BCUT2D eigenvalue weighted by molar-refractivity contribution is 5.76. The molecule has 1 aromatic rings. The first-order valence-corrected chi connectivity index (χ1v) is 4.79. The first-order chi connectivity index (χ1) is 6.50. The van der Waals surface area contributed by atoms with Gasteiger partial charge >= 0.3 is 6.03 Å². The lowest BCUT2D eigenvalue weighted by Gasteiger charge is -2.15. The van der Waals surface area contributed by atoms with Crippen molar-refractivity contribution in [3.63, 3.8) is 0 Å². The maximum Gasteiger partial charge on any atom is 0.415 e. The van der Waals surface area contributed by atoms with Crippen molar-refractivity contribution in [2.45, 2.75) is 13.8 Å². The van der Waals surface area contributed by atoms with Crippen LogP contribution < -0.4 is 28.5 Å². The Morgan fingerprint density at radius 1 is 1.53 bits per heavy atom. The lowest BCUT2D eigenvalue weighted by Crippen LogP contribution is -3.00. The molecule has 0 aliphatic heterocycles. The molecule has 1 rings (SSSR count). The molecule has 1 aromatic heterocycles. The van der Waals surface area contributed by atoms with Crippen LogP contribution in [0.15, 0.2) is 18.7 Å². The fraction of sp³-hybridized carbons (Fsp3) is 0.600. The summed E-state index contributed by atoms with van der Waals surface area (Å²) in [7, 11) is 3.72. The normalized spacial score (nSPS) is 9.93. The number of imidazole rings is 1. The number of amides is 1. The molecule has 15 heavy (non-hydrogen) atoms. The molecule has 86 valence electrons. The van der Waals surface area contributed by atoms with E-state index in [-0.39, 0.29) is 30.0 Å². The molecule has 0 N–H and O–H groups in total. The SMILES string of the molecule is CC(C)CN(C)C(=O)n1cc[n+](C)c1.[I-]. The zero-order chi connectivity index (χ0) is 10.7.